The van der Waals surface area contributed by atoms with Gasteiger partial charge in [-0.15, -0.1) is 0 Å². The molecule has 1 aromatic rings. The van der Waals surface area contributed by atoms with Crippen molar-refractivity contribution < 1.29 is 4.39 Å². The summed E-state index contributed by atoms with van der Waals surface area (Å²) in [6.45, 7) is 10.6. The Morgan fingerprint density at radius 1 is 1.36 bits per heavy atom. The van der Waals surface area contributed by atoms with Crippen molar-refractivity contribution in [3.8, 4) is 0 Å². The smallest absolute Gasteiger partial charge is 0.173 e. The number of benzene rings is 1. The summed E-state index contributed by atoms with van der Waals surface area (Å²) in [5.41, 5.74) is 9.89. The predicted octanol–water partition coefficient (Wildman–Crippen LogP) is 4.83. The van der Waals surface area contributed by atoms with Gasteiger partial charge in [0.15, 0.2) is 6.71 Å². The van der Waals surface area contributed by atoms with Gasteiger partial charge in [-0.2, -0.15) is 0 Å². The van der Waals surface area contributed by atoms with Gasteiger partial charge in [-0.1, -0.05) is 62.5 Å². The Bertz CT molecular complexity index is 531. The first-order valence-corrected chi connectivity index (χ1v) is 7.99. The van der Waals surface area contributed by atoms with E-state index in [1.807, 2.05) is 18.2 Å². The zero-order chi connectivity index (χ0) is 16.5. The third-order valence-electron chi connectivity index (χ3n) is 3.99. The first-order valence-electron chi connectivity index (χ1n) is 7.99. The highest BCUT2D eigenvalue weighted by molar-refractivity contribution is 6.66. The number of hydrogen-bond donors (Lipinski definition) is 1. The summed E-state index contributed by atoms with van der Waals surface area (Å²) in [5, 5.41) is 0. The number of halogens is 1. The summed E-state index contributed by atoms with van der Waals surface area (Å²) in [7, 11) is 0. The fourth-order valence-corrected chi connectivity index (χ4v) is 2.63. The van der Waals surface area contributed by atoms with Crippen molar-refractivity contribution >= 4 is 6.71 Å². The standard InChI is InChI=1S/C19H27BFN/c1-5-15(6-2)12-17(7-3)20(4)14-19(22)13-16-8-10-18(21)11-9-16/h5,7-12,19H,1,6,13-14,22H2,2-4H3/b15-12+,17-7+. The zero-order valence-corrected chi connectivity index (χ0v) is 14.0. The van der Waals surface area contributed by atoms with Crippen molar-refractivity contribution in [1.29, 1.82) is 0 Å². The molecule has 0 fully saturated rings. The molecule has 0 saturated carbocycles. The highest BCUT2D eigenvalue weighted by Gasteiger charge is 2.16. The molecule has 0 aromatic heterocycles. The second kappa shape index (κ2) is 9.42. The maximum atomic E-state index is 12.9. The van der Waals surface area contributed by atoms with Crippen LogP contribution < -0.4 is 5.73 Å². The molecule has 1 nitrogen and oxygen atoms in total. The molecule has 0 bridgehead atoms. The fourth-order valence-electron chi connectivity index (χ4n) is 2.63. The van der Waals surface area contributed by atoms with Crippen molar-refractivity contribution in [2.24, 2.45) is 5.73 Å². The van der Waals surface area contributed by atoms with Gasteiger partial charge in [0.25, 0.3) is 0 Å². The van der Waals surface area contributed by atoms with Gasteiger partial charge in [-0.3, -0.25) is 0 Å². The van der Waals surface area contributed by atoms with Crippen LogP contribution in [0.15, 0.2) is 60.1 Å². The molecular formula is C19H27BFN. The second-order valence-electron chi connectivity index (χ2n) is 5.79. The largest absolute Gasteiger partial charge is 0.328 e. The third-order valence-corrected chi connectivity index (χ3v) is 3.99. The fraction of sp³-hybridized carbons (Fsp3) is 0.368. The van der Waals surface area contributed by atoms with Crippen LogP contribution in [0, 0.1) is 5.82 Å². The van der Waals surface area contributed by atoms with Gasteiger partial charge in [0, 0.05) is 6.04 Å². The molecule has 0 radical (unpaired) electrons. The Balaban J connectivity index is 2.65. The first-order chi connectivity index (χ1) is 10.5. The van der Waals surface area contributed by atoms with Gasteiger partial charge < -0.3 is 5.73 Å². The first kappa shape index (κ1) is 18.4. The maximum Gasteiger partial charge on any atom is 0.173 e. The highest BCUT2D eigenvalue weighted by Crippen LogP contribution is 2.16. The lowest BCUT2D eigenvalue weighted by atomic mass is 9.42. The maximum absolute atomic E-state index is 12.9. The van der Waals surface area contributed by atoms with Crippen LogP contribution in [0.4, 0.5) is 4.39 Å². The molecule has 1 rings (SSSR count). The van der Waals surface area contributed by atoms with Crippen LogP contribution in [0.25, 0.3) is 0 Å². The monoisotopic (exact) mass is 299 g/mol. The molecule has 1 unspecified atom stereocenters. The molecule has 118 valence electrons. The van der Waals surface area contributed by atoms with E-state index in [1.54, 1.807) is 0 Å². The van der Waals surface area contributed by atoms with Gasteiger partial charge >= 0.3 is 0 Å². The molecule has 2 N–H and O–H groups in total. The quantitative estimate of drug-likeness (QED) is 0.540. The summed E-state index contributed by atoms with van der Waals surface area (Å²) >= 11 is 0. The minimum absolute atomic E-state index is 0.0672. The van der Waals surface area contributed by atoms with E-state index in [0.29, 0.717) is 6.71 Å². The molecular weight excluding hydrogens is 272 g/mol. The van der Waals surface area contributed by atoms with E-state index >= 15 is 0 Å². The minimum atomic E-state index is -0.205. The molecule has 0 amide bonds. The molecule has 3 heteroatoms. The predicted molar refractivity (Wildman–Crippen MR) is 96.8 cm³/mol. The lowest BCUT2D eigenvalue weighted by molar-refractivity contribution is 0.626. The molecule has 1 atom stereocenters. The number of allylic oxidation sites excluding steroid dienone is 5. The number of nitrogens with two attached hydrogens (primary N) is 1. The molecule has 22 heavy (non-hydrogen) atoms. The van der Waals surface area contributed by atoms with Crippen LogP contribution >= 0.6 is 0 Å². The van der Waals surface area contributed by atoms with E-state index < -0.39 is 0 Å². The van der Waals surface area contributed by atoms with E-state index in [0.717, 1.165) is 24.7 Å². The van der Waals surface area contributed by atoms with Crippen LogP contribution in [0.2, 0.25) is 13.1 Å². The van der Waals surface area contributed by atoms with Crippen LogP contribution in [0.3, 0.4) is 0 Å². The summed E-state index contributed by atoms with van der Waals surface area (Å²) in [4.78, 5) is 0. The van der Waals surface area contributed by atoms with Crippen LogP contribution in [0.1, 0.15) is 25.8 Å². The van der Waals surface area contributed by atoms with Gasteiger partial charge in [0.1, 0.15) is 5.82 Å². The second-order valence-corrected chi connectivity index (χ2v) is 5.79. The average Bonchev–Trinajstić information content (AvgIpc) is 2.50. The minimum Gasteiger partial charge on any atom is -0.328 e. The Morgan fingerprint density at radius 3 is 2.50 bits per heavy atom. The summed E-state index contributed by atoms with van der Waals surface area (Å²) in [6, 6.07) is 6.66. The molecule has 0 spiro atoms. The van der Waals surface area contributed by atoms with Crippen molar-refractivity contribution in [3.63, 3.8) is 0 Å². The van der Waals surface area contributed by atoms with E-state index in [1.165, 1.54) is 23.2 Å². The Kier molecular flexibility index (Phi) is 7.90. The summed E-state index contributed by atoms with van der Waals surface area (Å²) in [5.74, 6) is -0.205. The average molecular weight is 299 g/mol. The topological polar surface area (TPSA) is 26.0 Å². The van der Waals surface area contributed by atoms with E-state index in [4.69, 9.17) is 5.73 Å². The zero-order valence-electron chi connectivity index (χ0n) is 14.0. The Labute approximate surface area is 134 Å². The van der Waals surface area contributed by atoms with Crippen molar-refractivity contribution in [2.75, 3.05) is 0 Å². The van der Waals surface area contributed by atoms with Gasteiger partial charge in [0.2, 0.25) is 0 Å². The molecule has 0 aliphatic rings. The SMILES string of the molecule is C=C/C(=C\C(=C/C)B(C)CC(N)Cc1ccc(F)cc1)CC. The van der Waals surface area contributed by atoms with Crippen molar-refractivity contribution in [3.05, 3.63) is 71.5 Å². The number of rotatable bonds is 8. The van der Waals surface area contributed by atoms with Crippen molar-refractivity contribution in [2.45, 2.75) is 45.9 Å². The summed E-state index contributed by atoms with van der Waals surface area (Å²) in [6.07, 6.45) is 8.93. The summed E-state index contributed by atoms with van der Waals surface area (Å²) < 4.78 is 12.9. The molecule has 0 heterocycles. The lowest BCUT2D eigenvalue weighted by Crippen LogP contribution is -2.29. The van der Waals surface area contributed by atoms with Crippen LogP contribution in [-0.2, 0) is 6.42 Å². The Morgan fingerprint density at radius 2 is 2.00 bits per heavy atom. The van der Waals surface area contributed by atoms with E-state index in [9.17, 15) is 4.39 Å². The van der Waals surface area contributed by atoms with Gasteiger partial charge in [-0.05, 0) is 43.0 Å². The van der Waals surface area contributed by atoms with E-state index in [2.05, 4.69) is 39.4 Å². The van der Waals surface area contributed by atoms with E-state index in [-0.39, 0.29) is 11.9 Å². The molecule has 0 aliphatic carbocycles. The Hall–Kier alpha value is -1.61. The van der Waals surface area contributed by atoms with Crippen molar-refractivity contribution in [1.82, 2.24) is 0 Å². The molecule has 1 aromatic carbocycles. The lowest BCUT2D eigenvalue weighted by Gasteiger charge is -2.17. The third kappa shape index (κ3) is 6.02. The van der Waals surface area contributed by atoms with Gasteiger partial charge in [0.05, 0.1) is 0 Å². The normalized spacial score (nSPS) is 13.9. The number of hydrogen-bond acceptors (Lipinski definition) is 1. The van der Waals surface area contributed by atoms with Gasteiger partial charge in [-0.25, -0.2) is 4.39 Å². The van der Waals surface area contributed by atoms with Crippen LogP contribution in [0.5, 0.6) is 0 Å². The molecule has 0 aliphatic heterocycles. The highest BCUT2D eigenvalue weighted by atomic mass is 19.1. The molecule has 0 saturated heterocycles. The van der Waals surface area contributed by atoms with Crippen LogP contribution in [-0.4, -0.2) is 12.8 Å².